The Hall–Kier alpha value is -1.54. The van der Waals surface area contributed by atoms with Crippen LogP contribution in [-0.2, 0) is 4.79 Å². The molecule has 0 atom stereocenters. The Labute approximate surface area is 101 Å². The lowest BCUT2D eigenvalue weighted by Crippen LogP contribution is -2.29. The predicted molar refractivity (Wildman–Crippen MR) is 61.4 cm³/mol. The second kappa shape index (κ2) is 6.13. The summed E-state index contributed by atoms with van der Waals surface area (Å²) in [7, 11) is 0. The van der Waals surface area contributed by atoms with E-state index in [2.05, 4.69) is 27.2 Å². The van der Waals surface area contributed by atoms with Gasteiger partial charge >= 0.3 is 0 Å². The average molecular weight is 286 g/mol. The van der Waals surface area contributed by atoms with E-state index >= 15 is 0 Å². The number of carbonyl (C=O) groups is 1. The third kappa shape index (κ3) is 3.91. The minimum Gasteiger partial charge on any atom is -0.483 e. The summed E-state index contributed by atoms with van der Waals surface area (Å²) < 4.78 is 18.3. The van der Waals surface area contributed by atoms with Crippen LogP contribution in [-0.4, -0.2) is 19.1 Å². The molecule has 0 fully saturated rings. The Morgan fingerprint density at radius 2 is 2.38 bits per heavy atom. The zero-order valence-electron chi connectivity index (χ0n) is 8.30. The van der Waals surface area contributed by atoms with Crippen molar-refractivity contribution >= 4 is 21.8 Å². The number of halogens is 2. The quantitative estimate of drug-likeness (QED) is 0.856. The van der Waals surface area contributed by atoms with Crippen LogP contribution in [0.2, 0.25) is 0 Å². The molecule has 0 saturated heterocycles. The van der Waals surface area contributed by atoms with E-state index in [4.69, 9.17) is 11.2 Å². The second-order valence-corrected chi connectivity index (χ2v) is 3.70. The predicted octanol–water partition coefficient (Wildman–Crippen LogP) is 1.72. The molecule has 1 rings (SSSR count). The minimum atomic E-state index is -0.379. The van der Waals surface area contributed by atoms with E-state index in [1.54, 1.807) is 0 Å². The molecule has 1 aromatic carbocycles. The molecule has 3 nitrogen and oxygen atoms in total. The standard InChI is InChI=1S/C11H9BrFNO2/c1-2-5-14-11(15)7-16-10-4-3-8(13)6-9(10)12/h1,3-4,6H,5,7H2,(H,14,15). The van der Waals surface area contributed by atoms with Crippen molar-refractivity contribution < 1.29 is 13.9 Å². The van der Waals surface area contributed by atoms with Crippen molar-refractivity contribution in [2.45, 2.75) is 0 Å². The topological polar surface area (TPSA) is 38.3 Å². The molecular formula is C11H9BrFNO2. The van der Waals surface area contributed by atoms with Crippen molar-refractivity contribution in [1.29, 1.82) is 0 Å². The van der Waals surface area contributed by atoms with E-state index in [-0.39, 0.29) is 24.9 Å². The van der Waals surface area contributed by atoms with E-state index in [1.807, 2.05) is 0 Å². The summed E-state index contributed by atoms with van der Waals surface area (Å²) in [4.78, 5) is 11.1. The average Bonchev–Trinajstić information content (AvgIpc) is 2.25. The van der Waals surface area contributed by atoms with Gasteiger partial charge in [0.1, 0.15) is 11.6 Å². The van der Waals surface area contributed by atoms with Crippen LogP contribution in [0.3, 0.4) is 0 Å². The molecule has 5 heteroatoms. The normalized spacial score (nSPS) is 9.31. The maximum absolute atomic E-state index is 12.7. The molecule has 0 radical (unpaired) electrons. The summed E-state index contributed by atoms with van der Waals surface area (Å²) in [5, 5.41) is 2.44. The molecule has 1 aromatic rings. The molecule has 0 aliphatic carbocycles. The molecule has 0 aliphatic heterocycles. The van der Waals surface area contributed by atoms with Crippen molar-refractivity contribution in [2.75, 3.05) is 13.2 Å². The largest absolute Gasteiger partial charge is 0.483 e. The molecule has 0 spiro atoms. The number of rotatable bonds is 4. The lowest BCUT2D eigenvalue weighted by Gasteiger charge is -2.07. The summed E-state index contributed by atoms with van der Waals surface area (Å²) in [5.74, 6) is 1.97. The Balaban J connectivity index is 2.49. The molecule has 0 saturated carbocycles. The molecule has 1 amide bonds. The summed E-state index contributed by atoms with van der Waals surface area (Å²) >= 11 is 3.12. The van der Waals surface area contributed by atoms with Gasteiger partial charge in [0.15, 0.2) is 6.61 Å². The van der Waals surface area contributed by atoms with Gasteiger partial charge in [-0.15, -0.1) is 6.42 Å². The number of amides is 1. The zero-order valence-corrected chi connectivity index (χ0v) is 9.88. The fraction of sp³-hybridized carbons (Fsp3) is 0.182. The molecular weight excluding hydrogens is 277 g/mol. The van der Waals surface area contributed by atoms with Crippen molar-refractivity contribution in [3.05, 3.63) is 28.5 Å². The number of nitrogens with one attached hydrogen (secondary N) is 1. The molecule has 0 heterocycles. The lowest BCUT2D eigenvalue weighted by atomic mass is 10.3. The fourth-order valence-corrected chi connectivity index (χ4v) is 1.40. The summed E-state index contributed by atoms with van der Waals surface area (Å²) in [6.45, 7) is -0.00130. The van der Waals surface area contributed by atoms with Gasteiger partial charge in [-0.1, -0.05) is 5.92 Å². The van der Waals surface area contributed by atoms with Crippen LogP contribution in [0.25, 0.3) is 0 Å². The number of terminal acetylenes is 1. The SMILES string of the molecule is C#CCNC(=O)COc1ccc(F)cc1Br. The first-order chi connectivity index (χ1) is 7.63. The Bertz CT molecular complexity index is 428. The number of hydrogen-bond donors (Lipinski definition) is 1. The van der Waals surface area contributed by atoms with E-state index in [0.717, 1.165) is 0 Å². The second-order valence-electron chi connectivity index (χ2n) is 2.84. The number of benzene rings is 1. The third-order valence-electron chi connectivity index (χ3n) is 1.64. The minimum absolute atomic E-state index is 0.160. The van der Waals surface area contributed by atoms with E-state index < -0.39 is 0 Å². The fourth-order valence-electron chi connectivity index (χ4n) is 0.936. The van der Waals surface area contributed by atoms with Gasteiger partial charge in [-0.25, -0.2) is 4.39 Å². The highest BCUT2D eigenvalue weighted by atomic mass is 79.9. The van der Waals surface area contributed by atoms with Gasteiger partial charge < -0.3 is 10.1 Å². The van der Waals surface area contributed by atoms with Crippen LogP contribution in [0.1, 0.15) is 0 Å². The van der Waals surface area contributed by atoms with E-state index in [9.17, 15) is 9.18 Å². The molecule has 0 aromatic heterocycles. The third-order valence-corrected chi connectivity index (χ3v) is 2.26. The Morgan fingerprint density at radius 1 is 1.62 bits per heavy atom. The van der Waals surface area contributed by atoms with Gasteiger partial charge in [-0.2, -0.15) is 0 Å². The smallest absolute Gasteiger partial charge is 0.258 e. The first-order valence-corrected chi connectivity index (χ1v) is 5.21. The molecule has 0 aliphatic rings. The number of hydrogen-bond acceptors (Lipinski definition) is 2. The first kappa shape index (κ1) is 12.5. The van der Waals surface area contributed by atoms with E-state index in [0.29, 0.717) is 10.2 Å². The maximum Gasteiger partial charge on any atom is 0.258 e. The Morgan fingerprint density at radius 3 is 3.00 bits per heavy atom. The summed E-state index contributed by atoms with van der Waals surface area (Å²) in [6.07, 6.45) is 4.97. The van der Waals surface area contributed by atoms with Crippen LogP contribution < -0.4 is 10.1 Å². The number of ether oxygens (including phenoxy) is 1. The monoisotopic (exact) mass is 285 g/mol. The number of carbonyl (C=O) groups excluding carboxylic acids is 1. The van der Waals surface area contributed by atoms with Crippen LogP contribution in [0.15, 0.2) is 22.7 Å². The summed E-state index contributed by atoms with van der Waals surface area (Å²) in [6, 6.07) is 3.95. The molecule has 84 valence electrons. The van der Waals surface area contributed by atoms with Gasteiger partial charge in [-0.05, 0) is 34.1 Å². The van der Waals surface area contributed by atoms with Gasteiger partial charge in [0.05, 0.1) is 11.0 Å². The highest BCUT2D eigenvalue weighted by molar-refractivity contribution is 9.10. The van der Waals surface area contributed by atoms with E-state index in [1.165, 1.54) is 18.2 Å². The molecule has 0 bridgehead atoms. The Kier molecular flexibility index (Phi) is 4.80. The van der Waals surface area contributed by atoms with Crippen LogP contribution in [0.5, 0.6) is 5.75 Å². The maximum atomic E-state index is 12.7. The van der Waals surface area contributed by atoms with Crippen molar-refractivity contribution in [2.24, 2.45) is 0 Å². The highest BCUT2D eigenvalue weighted by Gasteiger charge is 2.05. The van der Waals surface area contributed by atoms with Gasteiger partial charge in [0.25, 0.3) is 5.91 Å². The van der Waals surface area contributed by atoms with Crippen molar-refractivity contribution in [3.8, 4) is 18.1 Å². The molecule has 16 heavy (non-hydrogen) atoms. The van der Waals surface area contributed by atoms with Gasteiger partial charge in [-0.3, -0.25) is 4.79 Å². The van der Waals surface area contributed by atoms with Crippen LogP contribution >= 0.6 is 15.9 Å². The van der Waals surface area contributed by atoms with Crippen LogP contribution in [0.4, 0.5) is 4.39 Å². The van der Waals surface area contributed by atoms with Crippen molar-refractivity contribution in [1.82, 2.24) is 5.32 Å². The summed E-state index contributed by atoms with van der Waals surface area (Å²) in [5.41, 5.74) is 0. The highest BCUT2D eigenvalue weighted by Crippen LogP contribution is 2.25. The van der Waals surface area contributed by atoms with Crippen molar-refractivity contribution in [3.63, 3.8) is 0 Å². The first-order valence-electron chi connectivity index (χ1n) is 4.41. The zero-order chi connectivity index (χ0) is 12.0. The van der Waals surface area contributed by atoms with Gasteiger partial charge in [0.2, 0.25) is 0 Å². The molecule has 1 N–H and O–H groups in total. The van der Waals surface area contributed by atoms with Gasteiger partial charge in [0, 0.05) is 0 Å². The molecule has 0 unspecified atom stereocenters. The van der Waals surface area contributed by atoms with Crippen LogP contribution in [0, 0.1) is 18.2 Å². The lowest BCUT2D eigenvalue weighted by molar-refractivity contribution is -0.122.